The molecule has 1 aromatic carbocycles. The zero-order valence-electron chi connectivity index (χ0n) is 8.84. The van der Waals surface area contributed by atoms with Crippen LogP contribution in [0.15, 0.2) is 12.1 Å². The first-order chi connectivity index (χ1) is 7.66. The second kappa shape index (κ2) is 5.23. The molecule has 1 aliphatic rings. The minimum Gasteiger partial charge on any atom is -0.505 e. The number of nitrogens with zero attached hydrogens (tertiary/aromatic N) is 1. The summed E-state index contributed by atoms with van der Waals surface area (Å²) in [6.45, 7) is 4.90. The maximum absolute atomic E-state index is 9.45. The molecule has 1 heterocycles. The van der Waals surface area contributed by atoms with Crippen molar-refractivity contribution in [2.45, 2.75) is 6.54 Å². The highest BCUT2D eigenvalue weighted by Gasteiger charge is 2.12. The minimum atomic E-state index is -0.0348. The third-order valence-corrected chi connectivity index (χ3v) is 3.27. The SMILES string of the molecule is Oc1c(Cl)cc(CN2CCNCC2)cc1Cl. The smallest absolute Gasteiger partial charge is 0.152 e. The maximum atomic E-state index is 9.45. The Hall–Kier alpha value is -0.480. The first-order valence-corrected chi connectivity index (χ1v) is 6.02. The van der Waals surface area contributed by atoms with Gasteiger partial charge in [-0.25, -0.2) is 0 Å². The number of rotatable bonds is 2. The highest BCUT2D eigenvalue weighted by atomic mass is 35.5. The van der Waals surface area contributed by atoms with E-state index in [0.717, 1.165) is 38.3 Å². The van der Waals surface area contributed by atoms with Crippen LogP contribution < -0.4 is 5.32 Å². The lowest BCUT2D eigenvalue weighted by molar-refractivity contribution is 0.233. The maximum Gasteiger partial charge on any atom is 0.152 e. The Kier molecular flexibility index (Phi) is 3.92. The van der Waals surface area contributed by atoms with E-state index in [0.29, 0.717) is 10.0 Å². The summed E-state index contributed by atoms with van der Waals surface area (Å²) in [7, 11) is 0. The summed E-state index contributed by atoms with van der Waals surface area (Å²) in [6.07, 6.45) is 0. The summed E-state index contributed by atoms with van der Waals surface area (Å²) in [4.78, 5) is 2.33. The Balaban J connectivity index is 2.09. The van der Waals surface area contributed by atoms with Crippen molar-refractivity contribution in [3.8, 4) is 5.75 Å². The molecule has 0 saturated carbocycles. The molecule has 88 valence electrons. The van der Waals surface area contributed by atoms with E-state index < -0.39 is 0 Å². The van der Waals surface area contributed by atoms with Crippen LogP contribution >= 0.6 is 23.2 Å². The molecule has 1 saturated heterocycles. The highest BCUT2D eigenvalue weighted by molar-refractivity contribution is 6.37. The van der Waals surface area contributed by atoms with E-state index >= 15 is 0 Å². The van der Waals surface area contributed by atoms with Crippen molar-refractivity contribution in [1.29, 1.82) is 0 Å². The van der Waals surface area contributed by atoms with Crippen molar-refractivity contribution in [2.75, 3.05) is 26.2 Å². The predicted molar refractivity (Wildman–Crippen MR) is 66.3 cm³/mol. The van der Waals surface area contributed by atoms with Crippen LogP contribution in [0.25, 0.3) is 0 Å². The number of hydrogen-bond acceptors (Lipinski definition) is 3. The molecule has 2 rings (SSSR count). The molecule has 2 N–H and O–H groups in total. The van der Waals surface area contributed by atoms with Gasteiger partial charge < -0.3 is 10.4 Å². The molecule has 16 heavy (non-hydrogen) atoms. The van der Waals surface area contributed by atoms with Gasteiger partial charge in [0.1, 0.15) is 0 Å². The van der Waals surface area contributed by atoms with Crippen molar-refractivity contribution in [1.82, 2.24) is 10.2 Å². The van der Waals surface area contributed by atoms with E-state index in [4.69, 9.17) is 23.2 Å². The summed E-state index contributed by atoms with van der Waals surface area (Å²) in [5.41, 5.74) is 1.04. The Labute approximate surface area is 105 Å². The van der Waals surface area contributed by atoms with Crippen LogP contribution in [0, 0.1) is 0 Å². The number of nitrogens with one attached hydrogen (secondary N) is 1. The van der Waals surface area contributed by atoms with Crippen molar-refractivity contribution < 1.29 is 5.11 Å². The van der Waals surface area contributed by atoms with Gasteiger partial charge in [-0.15, -0.1) is 0 Å². The first kappa shape index (κ1) is 12.0. The lowest BCUT2D eigenvalue weighted by atomic mass is 10.2. The van der Waals surface area contributed by atoms with Gasteiger partial charge in [0.25, 0.3) is 0 Å². The van der Waals surface area contributed by atoms with Crippen LogP contribution in [-0.2, 0) is 6.54 Å². The van der Waals surface area contributed by atoms with Crippen molar-refractivity contribution in [2.24, 2.45) is 0 Å². The van der Waals surface area contributed by atoms with Crippen molar-refractivity contribution in [3.63, 3.8) is 0 Å². The monoisotopic (exact) mass is 260 g/mol. The highest BCUT2D eigenvalue weighted by Crippen LogP contribution is 2.33. The van der Waals surface area contributed by atoms with Gasteiger partial charge in [0.15, 0.2) is 5.75 Å². The van der Waals surface area contributed by atoms with Gasteiger partial charge in [-0.2, -0.15) is 0 Å². The molecular weight excluding hydrogens is 247 g/mol. The molecule has 0 bridgehead atoms. The quantitative estimate of drug-likeness (QED) is 0.855. The average Bonchev–Trinajstić information content (AvgIpc) is 2.27. The predicted octanol–water partition coefficient (Wildman–Crippen LogP) is 2.10. The number of phenols is 1. The standard InChI is InChI=1S/C11H14Cl2N2O/c12-9-5-8(6-10(13)11(9)16)7-15-3-1-14-2-4-15/h5-6,14,16H,1-4,7H2. The van der Waals surface area contributed by atoms with E-state index in [1.165, 1.54) is 0 Å². The fraction of sp³-hybridized carbons (Fsp3) is 0.455. The first-order valence-electron chi connectivity index (χ1n) is 5.27. The third kappa shape index (κ3) is 2.80. The molecule has 0 radical (unpaired) electrons. The van der Waals surface area contributed by atoms with Crippen LogP contribution in [0.5, 0.6) is 5.75 Å². The molecule has 5 heteroatoms. The summed E-state index contributed by atoms with van der Waals surface area (Å²) in [6, 6.07) is 3.54. The fourth-order valence-corrected chi connectivity index (χ4v) is 2.37. The van der Waals surface area contributed by atoms with Gasteiger partial charge in [0.2, 0.25) is 0 Å². The van der Waals surface area contributed by atoms with Gasteiger partial charge in [-0.3, -0.25) is 4.90 Å². The zero-order valence-corrected chi connectivity index (χ0v) is 10.4. The number of aromatic hydroxyl groups is 1. The van der Waals surface area contributed by atoms with Gasteiger partial charge >= 0.3 is 0 Å². The molecule has 1 aliphatic heterocycles. The molecular formula is C11H14Cl2N2O. The molecule has 0 spiro atoms. The van der Waals surface area contributed by atoms with E-state index in [1.54, 1.807) is 12.1 Å². The average molecular weight is 261 g/mol. The van der Waals surface area contributed by atoms with Crippen LogP contribution in [-0.4, -0.2) is 36.2 Å². The molecule has 0 unspecified atom stereocenters. The van der Waals surface area contributed by atoms with Crippen LogP contribution in [0.1, 0.15) is 5.56 Å². The summed E-state index contributed by atoms with van der Waals surface area (Å²) >= 11 is 11.7. The number of piperazine rings is 1. The van der Waals surface area contributed by atoms with Gasteiger partial charge in [-0.1, -0.05) is 23.2 Å². The number of halogens is 2. The minimum absolute atomic E-state index is 0.0348. The van der Waals surface area contributed by atoms with E-state index in [9.17, 15) is 5.11 Å². The third-order valence-electron chi connectivity index (χ3n) is 2.69. The summed E-state index contributed by atoms with van der Waals surface area (Å²) in [5, 5.41) is 13.4. The summed E-state index contributed by atoms with van der Waals surface area (Å²) in [5.74, 6) is -0.0348. The lowest BCUT2D eigenvalue weighted by Crippen LogP contribution is -2.42. The van der Waals surface area contributed by atoms with E-state index in [-0.39, 0.29) is 5.75 Å². The van der Waals surface area contributed by atoms with Crippen LogP contribution in [0.2, 0.25) is 10.0 Å². The molecule has 3 nitrogen and oxygen atoms in total. The normalized spacial score (nSPS) is 17.6. The second-order valence-corrected chi connectivity index (χ2v) is 4.75. The van der Waals surface area contributed by atoms with Crippen LogP contribution in [0.4, 0.5) is 0 Å². The summed E-state index contributed by atoms with van der Waals surface area (Å²) < 4.78 is 0. The number of hydrogen-bond donors (Lipinski definition) is 2. The van der Waals surface area contributed by atoms with Gasteiger partial charge in [0, 0.05) is 32.7 Å². The van der Waals surface area contributed by atoms with Crippen LogP contribution in [0.3, 0.4) is 0 Å². The van der Waals surface area contributed by atoms with Gasteiger partial charge in [-0.05, 0) is 17.7 Å². The largest absolute Gasteiger partial charge is 0.505 e. The molecule has 1 fully saturated rings. The number of phenolic OH excluding ortho intramolecular Hbond substituents is 1. The Morgan fingerprint density at radius 1 is 1.19 bits per heavy atom. The van der Waals surface area contributed by atoms with E-state index in [2.05, 4.69) is 10.2 Å². The molecule has 0 amide bonds. The lowest BCUT2D eigenvalue weighted by Gasteiger charge is -2.27. The van der Waals surface area contributed by atoms with Crippen molar-refractivity contribution in [3.05, 3.63) is 27.7 Å². The molecule has 0 aliphatic carbocycles. The second-order valence-electron chi connectivity index (χ2n) is 3.93. The zero-order chi connectivity index (χ0) is 11.5. The van der Waals surface area contributed by atoms with E-state index in [1.807, 2.05) is 0 Å². The van der Waals surface area contributed by atoms with Crippen molar-refractivity contribution >= 4 is 23.2 Å². The Bertz CT molecular complexity index is 355. The van der Waals surface area contributed by atoms with Gasteiger partial charge in [0.05, 0.1) is 10.0 Å². The topological polar surface area (TPSA) is 35.5 Å². The molecule has 0 atom stereocenters. The Morgan fingerprint density at radius 3 is 2.31 bits per heavy atom. The molecule has 0 aromatic heterocycles. The Morgan fingerprint density at radius 2 is 1.75 bits per heavy atom. The molecule has 1 aromatic rings. The fourth-order valence-electron chi connectivity index (χ4n) is 1.84. The number of benzene rings is 1.